The highest BCUT2D eigenvalue weighted by molar-refractivity contribution is 9.10. The van der Waals surface area contributed by atoms with E-state index < -0.39 is 0 Å². The van der Waals surface area contributed by atoms with Crippen molar-refractivity contribution in [1.82, 2.24) is 4.90 Å². The largest absolute Gasteiger partial charge is 0.380 e. The molecule has 0 radical (unpaired) electrons. The van der Waals surface area contributed by atoms with Crippen LogP contribution in [0.1, 0.15) is 17.8 Å². The first-order chi connectivity index (χ1) is 8.10. The summed E-state index contributed by atoms with van der Waals surface area (Å²) in [5.41, 5.74) is 5.84. The highest BCUT2D eigenvalue weighted by Gasteiger charge is 2.18. The van der Waals surface area contributed by atoms with Gasteiger partial charge >= 0.3 is 0 Å². The average molecular weight is 342 g/mol. The molecule has 0 fully saturated rings. The van der Waals surface area contributed by atoms with Crippen LogP contribution in [-0.2, 0) is 4.74 Å². The maximum atomic E-state index is 6.05. The monoisotopic (exact) mass is 340 g/mol. The number of hydrogen-bond donors (Lipinski definition) is 1. The summed E-state index contributed by atoms with van der Waals surface area (Å²) in [6, 6.07) is 2.24. The molecule has 1 aromatic heterocycles. The van der Waals surface area contributed by atoms with Crippen LogP contribution in [0.2, 0.25) is 4.34 Å². The Morgan fingerprint density at radius 3 is 2.82 bits per heavy atom. The topological polar surface area (TPSA) is 38.5 Å². The lowest BCUT2D eigenvalue weighted by Gasteiger charge is -2.25. The third-order valence-electron chi connectivity index (χ3n) is 2.54. The van der Waals surface area contributed by atoms with Crippen LogP contribution < -0.4 is 5.73 Å². The van der Waals surface area contributed by atoms with Crippen LogP contribution in [0, 0.1) is 0 Å². The molecule has 1 heterocycles. The maximum Gasteiger partial charge on any atom is 0.107 e. The summed E-state index contributed by atoms with van der Waals surface area (Å²) in [5.74, 6) is 0. The summed E-state index contributed by atoms with van der Waals surface area (Å²) in [6.07, 6.45) is 0. The zero-order chi connectivity index (χ0) is 12.8. The van der Waals surface area contributed by atoms with E-state index in [4.69, 9.17) is 22.1 Å². The number of likely N-dealkylation sites (N-methyl/N-ethyl adjacent to an activating group) is 1. The number of thiophene rings is 1. The van der Waals surface area contributed by atoms with Crippen molar-refractivity contribution < 1.29 is 4.74 Å². The second kappa shape index (κ2) is 7.71. The van der Waals surface area contributed by atoms with Crippen molar-refractivity contribution >= 4 is 38.9 Å². The van der Waals surface area contributed by atoms with Gasteiger partial charge in [-0.1, -0.05) is 11.6 Å². The normalized spacial score (nSPS) is 13.3. The Morgan fingerprint density at radius 1 is 1.65 bits per heavy atom. The van der Waals surface area contributed by atoms with Gasteiger partial charge in [0.25, 0.3) is 0 Å². The van der Waals surface area contributed by atoms with Crippen molar-refractivity contribution in [2.24, 2.45) is 5.73 Å². The quantitative estimate of drug-likeness (QED) is 0.774. The fraction of sp³-hybridized carbons (Fsp3) is 0.636. The van der Waals surface area contributed by atoms with Gasteiger partial charge in [-0.3, -0.25) is 4.90 Å². The molecule has 98 valence electrons. The van der Waals surface area contributed by atoms with Crippen molar-refractivity contribution in [3.63, 3.8) is 0 Å². The summed E-state index contributed by atoms with van der Waals surface area (Å²) in [6.45, 7) is 4.91. The third-order valence-corrected chi connectivity index (χ3v) is 5.12. The lowest BCUT2D eigenvalue weighted by Crippen LogP contribution is -2.32. The molecule has 0 aliphatic heterocycles. The van der Waals surface area contributed by atoms with Gasteiger partial charge in [0.2, 0.25) is 0 Å². The minimum atomic E-state index is 0.198. The van der Waals surface area contributed by atoms with Gasteiger partial charge in [-0.2, -0.15) is 0 Å². The van der Waals surface area contributed by atoms with Gasteiger partial charge in [-0.05, 0) is 36.0 Å². The van der Waals surface area contributed by atoms with Gasteiger partial charge in [0, 0.05) is 29.0 Å². The van der Waals surface area contributed by atoms with E-state index >= 15 is 0 Å². The lowest BCUT2D eigenvalue weighted by molar-refractivity contribution is 0.109. The van der Waals surface area contributed by atoms with Gasteiger partial charge in [0.15, 0.2) is 0 Å². The average Bonchev–Trinajstić information content (AvgIpc) is 2.60. The SMILES string of the molecule is CCOCCN(C)C(CN)c1cc(Br)c(Cl)s1. The lowest BCUT2D eigenvalue weighted by atomic mass is 10.2. The van der Waals surface area contributed by atoms with Crippen molar-refractivity contribution in [1.29, 1.82) is 0 Å². The van der Waals surface area contributed by atoms with Crippen molar-refractivity contribution in [3.8, 4) is 0 Å². The zero-order valence-electron chi connectivity index (χ0n) is 10.1. The van der Waals surface area contributed by atoms with Gasteiger partial charge in [0.05, 0.1) is 12.6 Å². The van der Waals surface area contributed by atoms with E-state index in [-0.39, 0.29) is 6.04 Å². The minimum Gasteiger partial charge on any atom is -0.380 e. The van der Waals surface area contributed by atoms with Crippen molar-refractivity contribution in [2.45, 2.75) is 13.0 Å². The molecule has 0 bridgehead atoms. The Bertz CT molecular complexity index is 329. The molecule has 0 spiro atoms. The van der Waals surface area contributed by atoms with Gasteiger partial charge in [-0.15, -0.1) is 11.3 Å². The highest BCUT2D eigenvalue weighted by atomic mass is 79.9. The second-order valence-electron chi connectivity index (χ2n) is 3.70. The Morgan fingerprint density at radius 2 is 2.35 bits per heavy atom. The second-order valence-corrected chi connectivity index (χ2v) is 6.24. The molecule has 1 rings (SSSR count). The van der Waals surface area contributed by atoms with Gasteiger partial charge in [0.1, 0.15) is 4.34 Å². The van der Waals surface area contributed by atoms with Crippen molar-refractivity contribution in [2.75, 3.05) is 33.4 Å². The smallest absolute Gasteiger partial charge is 0.107 e. The molecule has 0 aliphatic carbocycles. The van der Waals surface area contributed by atoms with E-state index in [0.717, 1.165) is 28.6 Å². The molecule has 3 nitrogen and oxygen atoms in total. The van der Waals surface area contributed by atoms with Crippen LogP contribution in [-0.4, -0.2) is 38.3 Å². The van der Waals surface area contributed by atoms with Crippen LogP contribution in [0.3, 0.4) is 0 Å². The number of nitrogens with two attached hydrogens (primary N) is 1. The van der Waals surface area contributed by atoms with Crippen LogP contribution in [0.5, 0.6) is 0 Å². The molecule has 6 heteroatoms. The van der Waals surface area contributed by atoms with Gasteiger partial charge in [-0.25, -0.2) is 0 Å². The predicted molar refractivity (Wildman–Crippen MR) is 77.9 cm³/mol. The molecule has 0 amide bonds. The zero-order valence-corrected chi connectivity index (χ0v) is 13.2. The maximum absolute atomic E-state index is 6.05. The molecule has 1 aromatic rings. The minimum absolute atomic E-state index is 0.198. The summed E-state index contributed by atoms with van der Waals surface area (Å²) >= 11 is 11.0. The Labute approximate surface area is 120 Å². The standard InChI is InChI=1S/C11H18BrClN2OS/c1-3-16-5-4-15(2)9(7-14)10-6-8(12)11(13)17-10/h6,9H,3-5,7,14H2,1-2H3. The first kappa shape index (κ1) is 15.4. The molecule has 2 N–H and O–H groups in total. The highest BCUT2D eigenvalue weighted by Crippen LogP contribution is 2.36. The predicted octanol–water partition coefficient (Wildman–Crippen LogP) is 3.13. The van der Waals surface area contributed by atoms with E-state index in [1.165, 1.54) is 4.88 Å². The van der Waals surface area contributed by atoms with E-state index in [1.54, 1.807) is 11.3 Å². The third kappa shape index (κ3) is 4.50. The number of nitrogens with zero attached hydrogens (tertiary/aromatic N) is 1. The Balaban J connectivity index is 2.63. The number of hydrogen-bond acceptors (Lipinski definition) is 4. The summed E-state index contributed by atoms with van der Waals surface area (Å²) in [5, 5.41) is 0. The summed E-state index contributed by atoms with van der Waals surface area (Å²) in [4.78, 5) is 3.38. The molecular weight excluding hydrogens is 324 g/mol. The van der Waals surface area contributed by atoms with E-state index in [2.05, 4.69) is 27.9 Å². The molecule has 0 saturated carbocycles. The molecule has 0 aliphatic rings. The number of ether oxygens (including phenoxy) is 1. The van der Waals surface area contributed by atoms with Crippen molar-refractivity contribution in [3.05, 3.63) is 19.8 Å². The van der Waals surface area contributed by atoms with Crippen LogP contribution >= 0.6 is 38.9 Å². The summed E-state index contributed by atoms with van der Waals surface area (Å²) in [7, 11) is 2.05. The van der Waals surface area contributed by atoms with Crippen LogP contribution in [0.4, 0.5) is 0 Å². The number of halogens is 2. The Hall–Kier alpha value is 0.350. The fourth-order valence-corrected chi connectivity index (χ4v) is 3.46. The fourth-order valence-electron chi connectivity index (χ4n) is 1.55. The van der Waals surface area contributed by atoms with Gasteiger partial charge < -0.3 is 10.5 Å². The molecule has 1 unspecified atom stereocenters. The molecule has 17 heavy (non-hydrogen) atoms. The Kier molecular flexibility index (Phi) is 6.99. The van der Waals surface area contributed by atoms with E-state index in [0.29, 0.717) is 6.54 Å². The molecule has 0 aromatic carbocycles. The van der Waals surface area contributed by atoms with E-state index in [1.807, 2.05) is 13.0 Å². The van der Waals surface area contributed by atoms with Crippen LogP contribution in [0.25, 0.3) is 0 Å². The summed E-state index contributed by atoms with van der Waals surface area (Å²) < 4.78 is 7.06. The molecule has 0 saturated heterocycles. The van der Waals surface area contributed by atoms with Crippen LogP contribution in [0.15, 0.2) is 10.5 Å². The molecular formula is C11H18BrClN2OS. The first-order valence-electron chi connectivity index (χ1n) is 5.52. The number of rotatable bonds is 7. The first-order valence-corrected chi connectivity index (χ1v) is 7.51. The molecule has 1 atom stereocenters. The van der Waals surface area contributed by atoms with E-state index in [9.17, 15) is 0 Å².